The number of nitrogens with zero attached hydrogens (tertiary/aromatic N) is 1. The number of thioether (sulfide) groups is 1. The number of amides is 1. The van der Waals surface area contributed by atoms with Crippen LogP contribution in [0.5, 0.6) is 0 Å². The number of hydrogen-bond donors (Lipinski definition) is 1. The molecule has 0 saturated carbocycles. The van der Waals surface area contributed by atoms with Gasteiger partial charge in [-0.05, 0) is 29.7 Å². The van der Waals surface area contributed by atoms with Gasteiger partial charge in [-0.1, -0.05) is 38.1 Å². The van der Waals surface area contributed by atoms with Crippen molar-refractivity contribution in [2.24, 2.45) is 5.92 Å². The van der Waals surface area contributed by atoms with E-state index in [1.807, 2.05) is 30.5 Å². The van der Waals surface area contributed by atoms with Gasteiger partial charge < -0.3 is 10.2 Å². The Hall–Kier alpha value is -1.00. The fourth-order valence-corrected chi connectivity index (χ4v) is 4.50. The maximum absolute atomic E-state index is 12.1. The average molecular weight is 318 g/mol. The zero-order valence-corrected chi connectivity index (χ0v) is 14.4. The molecule has 4 heteroatoms. The summed E-state index contributed by atoms with van der Waals surface area (Å²) >= 11 is 2.03. The maximum atomic E-state index is 12.1. The van der Waals surface area contributed by atoms with Gasteiger partial charge in [-0.15, -0.1) is 0 Å². The van der Waals surface area contributed by atoms with E-state index in [4.69, 9.17) is 0 Å². The molecular weight excluding hydrogens is 292 g/mol. The van der Waals surface area contributed by atoms with Crippen molar-refractivity contribution < 1.29 is 4.79 Å². The van der Waals surface area contributed by atoms with Crippen molar-refractivity contribution in [3.63, 3.8) is 0 Å². The van der Waals surface area contributed by atoms with E-state index in [1.165, 1.54) is 23.3 Å². The fraction of sp³-hybridized carbons (Fsp3) is 0.611. The smallest absolute Gasteiger partial charge is 0.225 e. The first-order valence-corrected chi connectivity index (χ1v) is 9.51. The summed E-state index contributed by atoms with van der Waals surface area (Å²) in [5.41, 5.74) is 2.94. The van der Waals surface area contributed by atoms with Gasteiger partial charge in [-0.2, -0.15) is 11.8 Å². The first-order valence-electron chi connectivity index (χ1n) is 8.35. The molecule has 1 aromatic rings. The van der Waals surface area contributed by atoms with Crippen LogP contribution in [0.2, 0.25) is 0 Å². The minimum atomic E-state index is 0.105. The van der Waals surface area contributed by atoms with Gasteiger partial charge in [-0.3, -0.25) is 4.79 Å². The van der Waals surface area contributed by atoms with Gasteiger partial charge >= 0.3 is 0 Å². The molecule has 1 saturated heterocycles. The molecule has 1 aromatic carbocycles. The number of rotatable bonds is 3. The monoisotopic (exact) mass is 318 g/mol. The minimum absolute atomic E-state index is 0.105. The van der Waals surface area contributed by atoms with Gasteiger partial charge in [0.25, 0.3) is 0 Å². The van der Waals surface area contributed by atoms with Crippen LogP contribution < -0.4 is 5.32 Å². The van der Waals surface area contributed by atoms with Crippen LogP contribution in [0, 0.1) is 5.92 Å². The van der Waals surface area contributed by atoms with Gasteiger partial charge in [0.05, 0.1) is 0 Å². The minimum Gasteiger partial charge on any atom is -0.341 e. The van der Waals surface area contributed by atoms with Crippen LogP contribution >= 0.6 is 11.8 Å². The van der Waals surface area contributed by atoms with Gasteiger partial charge in [0.2, 0.25) is 5.91 Å². The van der Waals surface area contributed by atoms with Crippen LogP contribution in [0.15, 0.2) is 24.3 Å². The summed E-state index contributed by atoms with van der Waals surface area (Å²) in [6.45, 7) is 5.74. The number of nitrogens with one attached hydrogen (secondary N) is 1. The normalized spacial score (nSPS) is 25.1. The van der Waals surface area contributed by atoms with Gasteiger partial charge in [0.1, 0.15) is 0 Å². The third-order valence-corrected chi connectivity index (χ3v) is 5.72. The first kappa shape index (κ1) is 15.9. The predicted octanol–water partition coefficient (Wildman–Crippen LogP) is 2.86. The number of benzene rings is 1. The molecule has 2 atom stereocenters. The van der Waals surface area contributed by atoms with Crippen LogP contribution in [-0.2, 0) is 11.2 Å². The highest BCUT2D eigenvalue weighted by Gasteiger charge is 2.30. The van der Waals surface area contributed by atoms with Crippen LogP contribution in [0.1, 0.15) is 37.4 Å². The molecule has 0 aliphatic carbocycles. The predicted molar refractivity (Wildman–Crippen MR) is 93.2 cm³/mol. The molecule has 120 valence electrons. The Morgan fingerprint density at radius 2 is 2.18 bits per heavy atom. The summed E-state index contributed by atoms with van der Waals surface area (Å²) in [5, 5.41) is 3.82. The number of fused-ring (bicyclic) bond motifs is 1. The molecule has 3 rings (SSSR count). The lowest BCUT2D eigenvalue weighted by atomic mass is 9.99. The van der Waals surface area contributed by atoms with Crippen molar-refractivity contribution in [2.75, 3.05) is 24.6 Å². The van der Waals surface area contributed by atoms with Gasteiger partial charge in [-0.25, -0.2) is 0 Å². The lowest BCUT2D eigenvalue weighted by Gasteiger charge is -2.24. The quantitative estimate of drug-likeness (QED) is 0.930. The van der Waals surface area contributed by atoms with Crippen LogP contribution in [-0.4, -0.2) is 41.4 Å². The molecule has 0 aromatic heterocycles. The Balaban J connectivity index is 1.65. The van der Waals surface area contributed by atoms with E-state index in [0.29, 0.717) is 18.0 Å². The van der Waals surface area contributed by atoms with Gasteiger partial charge in [0.15, 0.2) is 0 Å². The van der Waals surface area contributed by atoms with Crippen LogP contribution in [0.4, 0.5) is 0 Å². The molecule has 1 fully saturated rings. The van der Waals surface area contributed by atoms with E-state index in [-0.39, 0.29) is 5.92 Å². The van der Waals surface area contributed by atoms with E-state index in [0.717, 1.165) is 25.3 Å². The van der Waals surface area contributed by atoms with E-state index >= 15 is 0 Å². The standard InChI is InChI=1S/C18H26N2OS/c1-13(2)18(21)20-9-7-15(11-20)19-17-12-22-10-8-14-5-3-4-6-16(14)17/h3-6,13,15,17,19H,7-12H2,1-2H3/t15-,17-/m0/s1. The summed E-state index contributed by atoms with van der Waals surface area (Å²) < 4.78 is 0. The third-order valence-electron chi connectivity index (χ3n) is 4.66. The van der Waals surface area contributed by atoms with Gasteiger partial charge in [0, 0.05) is 36.8 Å². The Labute approximate surface area is 137 Å². The summed E-state index contributed by atoms with van der Waals surface area (Å²) in [4.78, 5) is 14.2. The summed E-state index contributed by atoms with van der Waals surface area (Å²) in [6, 6.07) is 9.67. The SMILES string of the molecule is CC(C)C(=O)N1CC[C@H](N[C@H]2CSCCc3ccccc32)C1. The largest absolute Gasteiger partial charge is 0.341 e. The molecule has 1 amide bonds. The number of carbonyl (C=O) groups excluding carboxylic acids is 1. The zero-order chi connectivity index (χ0) is 15.5. The van der Waals surface area contributed by atoms with E-state index in [2.05, 4.69) is 29.6 Å². The van der Waals surface area contributed by atoms with Crippen molar-refractivity contribution in [1.82, 2.24) is 10.2 Å². The second kappa shape index (κ2) is 7.05. The highest BCUT2D eigenvalue weighted by atomic mass is 32.2. The second-order valence-corrected chi connectivity index (χ2v) is 7.82. The highest BCUT2D eigenvalue weighted by Crippen LogP contribution is 2.28. The van der Waals surface area contributed by atoms with Crippen LogP contribution in [0.3, 0.4) is 0 Å². The fourth-order valence-electron chi connectivity index (χ4n) is 3.46. The van der Waals surface area contributed by atoms with Crippen molar-refractivity contribution in [2.45, 2.75) is 38.8 Å². The first-order chi connectivity index (χ1) is 10.6. The maximum Gasteiger partial charge on any atom is 0.225 e. The summed E-state index contributed by atoms with van der Waals surface area (Å²) in [7, 11) is 0. The molecule has 22 heavy (non-hydrogen) atoms. The molecule has 1 N–H and O–H groups in total. The number of likely N-dealkylation sites (tertiary alicyclic amines) is 1. The molecular formula is C18H26N2OS. The molecule has 0 radical (unpaired) electrons. The number of hydrogen-bond acceptors (Lipinski definition) is 3. The third kappa shape index (κ3) is 3.49. The summed E-state index contributed by atoms with van der Waals surface area (Å²) in [6.07, 6.45) is 2.24. The number of carbonyl (C=O) groups is 1. The lowest BCUT2D eigenvalue weighted by molar-refractivity contribution is -0.133. The molecule has 0 bridgehead atoms. The lowest BCUT2D eigenvalue weighted by Crippen LogP contribution is -2.39. The Morgan fingerprint density at radius 1 is 1.36 bits per heavy atom. The van der Waals surface area contributed by atoms with Crippen molar-refractivity contribution >= 4 is 17.7 Å². The van der Waals surface area contributed by atoms with E-state index in [1.54, 1.807) is 0 Å². The van der Waals surface area contributed by atoms with Crippen LogP contribution in [0.25, 0.3) is 0 Å². The Kier molecular flexibility index (Phi) is 5.09. The molecule has 0 unspecified atom stereocenters. The molecule has 0 spiro atoms. The zero-order valence-electron chi connectivity index (χ0n) is 13.5. The molecule has 2 aliphatic rings. The van der Waals surface area contributed by atoms with Crippen molar-refractivity contribution in [3.8, 4) is 0 Å². The molecule has 2 aliphatic heterocycles. The highest BCUT2D eigenvalue weighted by molar-refractivity contribution is 7.99. The number of aryl methyl sites for hydroxylation is 1. The molecule has 2 heterocycles. The molecule has 3 nitrogen and oxygen atoms in total. The van der Waals surface area contributed by atoms with Crippen molar-refractivity contribution in [3.05, 3.63) is 35.4 Å². The topological polar surface area (TPSA) is 32.3 Å². The summed E-state index contributed by atoms with van der Waals surface area (Å²) in [5.74, 6) is 2.73. The second-order valence-electron chi connectivity index (χ2n) is 6.67. The Bertz CT molecular complexity index is 532. The van der Waals surface area contributed by atoms with E-state index in [9.17, 15) is 4.79 Å². The van der Waals surface area contributed by atoms with Crippen molar-refractivity contribution in [1.29, 1.82) is 0 Å². The Morgan fingerprint density at radius 3 is 3.00 bits per heavy atom. The average Bonchev–Trinajstić information content (AvgIpc) is 2.88. The van der Waals surface area contributed by atoms with E-state index < -0.39 is 0 Å².